The van der Waals surface area contributed by atoms with Crippen LogP contribution in [0, 0.1) is 0 Å². The van der Waals surface area contributed by atoms with Gasteiger partial charge in [0.15, 0.2) is 0 Å². The highest BCUT2D eigenvalue weighted by atomic mass is 32.2. The van der Waals surface area contributed by atoms with Crippen molar-refractivity contribution in [2.24, 2.45) is 0 Å². The van der Waals surface area contributed by atoms with Crippen molar-refractivity contribution in [2.75, 3.05) is 6.61 Å². The van der Waals surface area contributed by atoms with Crippen LogP contribution in [-0.4, -0.2) is 6.61 Å². The predicted molar refractivity (Wildman–Crippen MR) is 98.4 cm³/mol. The van der Waals surface area contributed by atoms with Gasteiger partial charge in [-0.1, -0.05) is 91.0 Å². The molecule has 0 bridgehead atoms. The molecule has 3 rings (SSSR count). The van der Waals surface area contributed by atoms with E-state index >= 15 is 0 Å². The molecule has 116 valence electrons. The number of rotatable bonds is 6. The van der Waals surface area contributed by atoms with Gasteiger partial charge in [-0.05, 0) is 23.6 Å². The summed E-state index contributed by atoms with van der Waals surface area (Å²) in [6.07, 6.45) is 0. The van der Waals surface area contributed by atoms with Crippen molar-refractivity contribution in [3.05, 3.63) is 108 Å². The highest BCUT2D eigenvalue weighted by Gasteiger charge is 2.38. The van der Waals surface area contributed by atoms with E-state index in [4.69, 9.17) is 4.18 Å². The first-order chi connectivity index (χ1) is 11.4. The van der Waals surface area contributed by atoms with Gasteiger partial charge in [0.05, 0.1) is 6.61 Å². The molecule has 3 aromatic rings. The van der Waals surface area contributed by atoms with Crippen molar-refractivity contribution in [1.82, 2.24) is 0 Å². The molecule has 0 fully saturated rings. The smallest absolute Gasteiger partial charge is 0.117 e. The van der Waals surface area contributed by atoms with E-state index in [1.54, 1.807) is 0 Å². The zero-order chi connectivity index (χ0) is 16.0. The van der Waals surface area contributed by atoms with Crippen molar-refractivity contribution in [2.45, 2.75) is 11.7 Å². The fourth-order valence-corrected chi connectivity index (χ4v) is 3.80. The third kappa shape index (κ3) is 3.19. The molecule has 1 nitrogen and oxygen atoms in total. The van der Waals surface area contributed by atoms with E-state index in [9.17, 15) is 0 Å². The summed E-state index contributed by atoms with van der Waals surface area (Å²) in [6.45, 7) is 2.69. The Kier molecular flexibility index (Phi) is 5.16. The monoisotopic (exact) mass is 320 g/mol. The molecular formula is C21H20OS. The van der Waals surface area contributed by atoms with Crippen LogP contribution in [0.3, 0.4) is 0 Å². The maximum atomic E-state index is 5.88. The fraction of sp³-hybridized carbons (Fsp3) is 0.143. The first kappa shape index (κ1) is 15.9. The Labute approximate surface area is 142 Å². The van der Waals surface area contributed by atoms with Gasteiger partial charge in [0.2, 0.25) is 0 Å². The van der Waals surface area contributed by atoms with E-state index in [1.165, 1.54) is 28.7 Å². The van der Waals surface area contributed by atoms with Crippen LogP contribution in [0.5, 0.6) is 0 Å². The van der Waals surface area contributed by atoms with Crippen molar-refractivity contribution < 1.29 is 4.18 Å². The zero-order valence-electron chi connectivity index (χ0n) is 13.2. The first-order valence-corrected chi connectivity index (χ1v) is 8.59. The number of hydrogen-bond donors (Lipinski definition) is 0. The zero-order valence-corrected chi connectivity index (χ0v) is 14.0. The van der Waals surface area contributed by atoms with Crippen molar-refractivity contribution in [1.29, 1.82) is 0 Å². The van der Waals surface area contributed by atoms with Crippen molar-refractivity contribution >= 4 is 12.0 Å². The Morgan fingerprint density at radius 2 is 1.00 bits per heavy atom. The molecule has 0 aliphatic heterocycles. The second-order valence-corrected chi connectivity index (χ2v) is 6.28. The third-order valence-corrected chi connectivity index (χ3v) is 5.15. The largest absolute Gasteiger partial charge is 0.314 e. The molecule has 2 heteroatoms. The summed E-state index contributed by atoms with van der Waals surface area (Å²) in [5, 5.41) is 0. The SMILES string of the molecule is CCOSC(c1ccccc1)(c1ccccc1)c1ccccc1. The van der Waals surface area contributed by atoms with Gasteiger partial charge in [0.1, 0.15) is 4.75 Å². The Balaban J connectivity index is 2.25. The van der Waals surface area contributed by atoms with E-state index in [0.29, 0.717) is 6.61 Å². The Morgan fingerprint density at radius 3 is 1.30 bits per heavy atom. The van der Waals surface area contributed by atoms with E-state index in [2.05, 4.69) is 91.0 Å². The van der Waals surface area contributed by atoms with Crippen LogP contribution in [0.4, 0.5) is 0 Å². The molecule has 0 saturated heterocycles. The van der Waals surface area contributed by atoms with Gasteiger partial charge in [0.25, 0.3) is 0 Å². The molecule has 0 aromatic heterocycles. The standard InChI is InChI=1S/C21H20OS/c1-2-22-23-21(18-12-6-3-7-13-18,19-14-8-4-9-15-19)20-16-10-5-11-17-20/h3-17H,2H2,1H3. The van der Waals surface area contributed by atoms with E-state index in [-0.39, 0.29) is 4.75 Å². The van der Waals surface area contributed by atoms with Crippen LogP contribution in [0.25, 0.3) is 0 Å². The summed E-state index contributed by atoms with van der Waals surface area (Å²) >= 11 is 1.53. The molecule has 0 aliphatic rings. The highest BCUT2D eigenvalue weighted by molar-refractivity contribution is 7.96. The number of hydrogen-bond acceptors (Lipinski definition) is 2. The average molecular weight is 320 g/mol. The lowest BCUT2D eigenvalue weighted by atomic mass is 9.84. The Bertz CT molecular complexity index is 614. The molecule has 0 atom stereocenters. The van der Waals surface area contributed by atoms with Gasteiger partial charge >= 0.3 is 0 Å². The summed E-state index contributed by atoms with van der Waals surface area (Å²) in [7, 11) is 0. The van der Waals surface area contributed by atoms with Gasteiger partial charge in [-0.25, -0.2) is 0 Å². The molecule has 23 heavy (non-hydrogen) atoms. The summed E-state index contributed by atoms with van der Waals surface area (Å²) in [6, 6.07) is 31.7. The minimum Gasteiger partial charge on any atom is -0.314 e. The van der Waals surface area contributed by atoms with Crippen LogP contribution in [0.2, 0.25) is 0 Å². The second kappa shape index (κ2) is 7.49. The van der Waals surface area contributed by atoms with E-state index in [0.717, 1.165) is 0 Å². The molecule has 0 spiro atoms. The molecule has 0 radical (unpaired) electrons. The molecule has 0 unspecified atom stereocenters. The molecule has 0 heterocycles. The van der Waals surface area contributed by atoms with Gasteiger partial charge in [-0.3, -0.25) is 0 Å². The molecule has 0 aliphatic carbocycles. The maximum Gasteiger partial charge on any atom is 0.117 e. The van der Waals surface area contributed by atoms with Crippen molar-refractivity contribution in [3.8, 4) is 0 Å². The van der Waals surface area contributed by atoms with Gasteiger partial charge in [-0.15, -0.1) is 0 Å². The summed E-state index contributed by atoms with van der Waals surface area (Å²) in [5.74, 6) is 0. The molecule has 0 N–H and O–H groups in total. The van der Waals surface area contributed by atoms with Gasteiger partial charge < -0.3 is 4.18 Å². The molecule has 3 aromatic carbocycles. The van der Waals surface area contributed by atoms with Crippen LogP contribution >= 0.6 is 12.0 Å². The molecular weight excluding hydrogens is 300 g/mol. The summed E-state index contributed by atoms with van der Waals surface area (Å²) in [4.78, 5) is 0. The normalized spacial score (nSPS) is 11.3. The third-order valence-electron chi connectivity index (χ3n) is 3.84. The minimum absolute atomic E-state index is 0.375. The summed E-state index contributed by atoms with van der Waals surface area (Å²) in [5.41, 5.74) is 3.66. The van der Waals surface area contributed by atoms with Crippen LogP contribution in [-0.2, 0) is 8.93 Å². The Morgan fingerprint density at radius 1 is 0.652 bits per heavy atom. The molecule has 0 saturated carbocycles. The van der Waals surface area contributed by atoms with Crippen LogP contribution in [0.1, 0.15) is 23.6 Å². The first-order valence-electron chi connectivity index (χ1n) is 7.85. The predicted octanol–water partition coefficient (Wildman–Crippen LogP) is 5.66. The van der Waals surface area contributed by atoms with Gasteiger partial charge in [0, 0.05) is 12.0 Å². The lowest BCUT2D eigenvalue weighted by Gasteiger charge is -2.34. The average Bonchev–Trinajstić information content (AvgIpc) is 2.65. The minimum atomic E-state index is -0.375. The van der Waals surface area contributed by atoms with Crippen molar-refractivity contribution in [3.63, 3.8) is 0 Å². The topological polar surface area (TPSA) is 9.23 Å². The van der Waals surface area contributed by atoms with Gasteiger partial charge in [-0.2, -0.15) is 0 Å². The summed E-state index contributed by atoms with van der Waals surface area (Å²) < 4.78 is 5.50. The second-order valence-electron chi connectivity index (χ2n) is 5.27. The Hall–Kier alpha value is -2.03. The lowest BCUT2D eigenvalue weighted by molar-refractivity contribution is 0.395. The molecule has 0 amide bonds. The quantitative estimate of drug-likeness (QED) is 0.428. The van der Waals surface area contributed by atoms with E-state index < -0.39 is 0 Å². The fourth-order valence-electron chi connectivity index (χ4n) is 2.81. The van der Waals surface area contributed by atoms with Crippen LogP contribution in [0.15, 0.2) is 91.0 Å². The highest BCUT2D eigenvalue weighted by Crippen LogP contribution is 2.48. The van der Waals surface area contributed by atoms with Crippen LogP contribution < -0.4 is 0 Å². The lowest BCUT2D eigenvalue weighted by Crippen LogP contribution is -2.26. The maximum absolute atomic E-state index is 5.88. The number of benzene rings is 3. The van der Waals surface area contributed by atoms with E-state index in [1.807, 2.05) is 6.92 Å².